The van der Waals surface area contributed by atoms with Crippen LogP contribution in [0.3, 0.4) is 0 Å². The van der Waals surface area contributed by atoms with Crippen LogP contribution in [0.15, 0.2) is 35.5 Å². The van der Waals surface area contributed by atoms with Gasteiger partial charge in [0.15, 0.2) is 5.16 Å². The van der Waals surface area contributed by atoms with Gasteiger partial charge in [0.1, 0.15) is 0 Å². The second-order valence-corrected chi connectivity index (χ2v) is 8.31. The number of nitrogens with zero attached hydrogens (tertiary/aromatic N) is 4. The van der Waals surface area contributed by atoms with Crippen molar-refractivity contribution >= 4 is 23.6 Å². The van der Waals surface area contributed by atoms with Gasteiger partial charge in [-0.25, -0.2) is 9.97 Å². The van der Waals surface area contributed by atoms with Gasteiger partial charge in [0, 0.05) is 41.0 Å². The summed E-state index contributed by atoms with van der Waals surface area (Å²) in [5, 5.41) is 5.03. The predicted octanol–water partition coefficient (Wildman–Crippen LogP) is 2.74. The van der Waals surface area contributed by atoms with Crippen LogP contribution in [-0.2, 0) is 24.0 Å². The maximum Gasteiger partial charge on any atom is 0.269 e. The number of hydrogen-bond acceptors (Lipinski definition) is 6. The SMILES string of the molecule is Cc1cc(C)nc(SCc2ccc(C(=O)NNC(=O)Cc3c(C)nn(C)c3C)cc2)n1. The van der Waals surface area contributed by atoms with Gasteiger partial charge in [-0.15, -0.1) is 0 Å². The number of hydrazine groups is 1. The number of hydrogen-bond donors (Lipinski definition) is 2. The zero-order chi connectivity index (χ0) is 22.5. The fraction of sp³-hybridized carbons (Fsp3) is 0.318. The third-order valence-corrected chi connectivity index (χ3v) is 5.78. The molecule has 0 spiro atoms. The lowest BCUT2D eigenvalue weighted by Gasteiger charge is -2.08. The van der Waals surface area contributed by atoms with Gasteiger partial charge < -0.3 is 0 Å². The minimum Gasteiger partial charge on any atom is -0.273 e. The van der Waals surface area contributed by atoms with Gasteiger partial charge in [-0.3, -0.25) is 25.1 Å². The largest absolute Gasteiger partial charge is 0.273 e. The highest BCUT2D eigenvalue weighted by Crippen LogP contribution is 2.20. The highest BCUT2D eigenvalue weighted by Gasteiger charge is 2.14. The molecule has 0 fully saturated rings. The topological polar surface area (TPSA) is 102 Å². The normalized spacial score (nSPS) is 10.7. The molecular formula is C22H26N6O2S. The molecule has 0 atom stereocenters. The molecule has 3 aromatic rings. The van der Waals surface area contributed by atoms with E-state index in [1.54, 1.807) is 28.6 Å². The number of aryl methyl sites for hydroxylation is 4. The number of nitrogens with one attached hydrogen (secondary N) is 2. The van der Waals surface area contributed by atoms with E-state index in [-0.39, 0.29) is 18.2 Å². The van der Waals surface area contributed by atoms with E-state index in [4.69, 9.17) is 0 Å². The van der Waals surface area contributed by atoms with Crippen molar-refractivity contribution in [1.29, 1.82) is 0 Å². The predicted molar refractivity (Wildman–Crippen MR) is 120 cm³/mol. The molecule has 1 aromatic carbocycles. The zero-order valence-corrected chi connectivity index (χ0v) is 19.1. The Morgan fingerprint density at radius 3 is 2.23 bits per heavy atom. The molecule has 2 aromatic heterocycles. The summed E-state index contributed by atoms with van der Waals surface area (Å²) >= 11 is 1.55. The Morgan fingerprint density at radius 1 is 1.00 bits per heavy atom. The van der Waals surface area contributed by atoms with Crippen LogP contribution in [0.4, 0.5) is 0 Å². The van der Waals surface area contributed by atoms with Crippen LogP contribution < -0.4 is 10.9 Å². The zero-order valence-electron chi connectivity index (χ0n) is 18.3. The molecule has 0 bridgehead atoms. The molecule has 2 N–H and O–H groups in total. The highest BCUT2D eigenvalue weighted by atomic mass is 32.2. The van der Waals surface area contributed by atoms with E-state index in [1.165, 1.54) is 0 Å². The number of carbonyl (C=O) groups excluding carboxylic acids is 2. The number of rotatable bonds is 6. The molecule has 3 rings (SSSR count). The number of carbonyl (C=O) groups is 2. The minimum atomic E-state index is -0.371. The molecule has 0 aliphatic carbocycles. The van der Waals surface area contributed by atoms with Crippen LogP contribution in [0.1, 0.15) is 44.3 Å². The lowest BCUT2D eigenvalue weighted by Crippen LogP contribution is -2.42. The van der Waals surface area contributed by atoms with Gasteiger partial charge in [-0.05, 0) is 51.5 Å². The minimum absolute atomic E-state index is 0.155. The van der Waals surface area contributed by atoms with Gasteiger partial charge >= 0.3 is 0 Å². The van der Waals surface area contributed by atoms with Crippen molar-refractivity contribution < 1.29 is 9.59 Å². The quantitative estimate of drug-likeness (QED) is 0.349. The summed E-state index contributed by atoms with van der Waals surface area (Å²) in [7, 11) is 1.84. The van der Waals surface area contributed by atoms with Gasteiger partial charge in [0.25, 0.3) is 5.91 Å². The Bertz CT molecular complexity index is 1090. The first-order valence-corrected chi connectivity index (χ1v) is 10.8. The van der Waals surface area contributed by atoms with Crippen molar-refractivity contribution in [3.05, 3.63) is 69.8 Å². The molecule has 162 valence electrons. The van der Waals surface area contributed by atoms with E-state index < -0.39 is 0 Å². The van der Waals surface area contributed by atoms with Crippen molar-refractivity contribution in [1.82, 2.24) is 30.6 Å². The number of benzene rings is 1. The summed E-state index contributed by atoms with van der Waals surface area (Å²) in [6.45, 7) is 7.67. The standard InChI is InChI=1S/C22H26N6O2S/c1-13-10-14(2)24-22(23-13)31-12-17-6-8-18(9-7-17)21(30)26-25-20(29)11-19-15(3)27-28(5)16(19)4/h6-10H,11-12H2,1-5H3,(H,25,29)(H,26,30). The highest BCUT2D eigenvalue weighted by molar-refractivity contribution is 7.98. The maximum absolute atomic E-state index is 12.3. The van der Waals surface area contributed by atoms with E-state index in [2.05, 4.69) is 25.9 Å². The van der Waals surface area contributed by atoms with Crippen molar-refractivity contribution in [3.8, 4) is 0 Å². The van der Waals surface area contributed by atoms with Crippen molar-refractivity contribution in [2.24, 2.45) is 7.05 Å². The molecule has 0 saturated carbocycles. The first kappa shape index (κ1) is 22.5. The molecule has 8 nitrogen and oxygen atoms in total. The second-order valence-electron chi connectivity index (χ2n) is 7.37. The summed E-state index contributed by atoms with van der Waals surface area (Å²) < 4.78 is 1.74. The van der Waals surface area contributed by atoms with Crippen molar-refractivity contribution in [2.75, 3.05) is 0 Å². The molecule has 2 amide bonds. The fourth-order valence-electron chi connectivity index (χ4n) is 3.14. The van der Waals surface area contributed by atoms with Gasteiger partial charge in [0.05, 0.1) is 12.1 Å². The van der Waals surface area contributed by atoms with Gasteiger partial charge in [0.2, 0.25) is 5.91 Å². The van der Waals surface area contributed by atoms with E-state index >= 15 is 0 Å². The average Bonchev–Trinajstić information content (AvgIpc) is 2.96. The Hall–Kier alpha value is -3.20. The molecule has 0 aliphatic heterocycles. The number of thioether (sulfide) groups is 1. The molecule has 2 heterocycles. The third-order valence-electron chi connectivity index (χ3n) is 4.86. The van der Waals surface area contributed by atoms with Crippen LogP contribution in [0.2, 0.25) is 0 Å². The van der Waals surface area contributed by atoms with Crippen LogP contribution in [0.5, 0.6) is 0 Å². The fourth-order valence-corrected chi connectivity index (χ4v) is 4.04. The van der Waals surface area contributed by atoms with E-state index in [1.807, 2.05) is 52.9 Å². The lowest BCUT2D eigenvalue weighted by molar-refractivity contribution is -0.121. The summed E-state index contributed by atoms with van der Waals surface area (Å²) in [6.07, 6.45) is 0.155. The number of aromatic nitrogens is 4. The molecule has 0 aliphatic rings. The summed E-state index contributed by atoms with van der Waals surface area (Å²) in [5.41, 5.74) is 10.9. The van der Waals surface area contributed by atoms with Crippen LogP contribution in [-0.4, -0.2) is 31.6 Å². The Morgan fingerprint density at radius 2 is 1.65 bits per heavy atom. The van der Waals surface area contributed by atoms with Crippen molar-refractivity contribution in [3.63, 3.8) is 0 Å². The number of amides is 2. The monoisotopic (exact) mass is 438 g/mol. The Balaban J connectivity index is 1.51. The molecule has 0 radical (unpaired) electrons. The summed E-state index contributed by atoms with van der Waals surface area (Å²) in [5.74, 6) is 0.0320. The Kier molecular flexibility index (Phi) is 7.06. The Labute approximate surface area is 185 Å². The molecule has 0 saturated heterocycles. The maximum atomic E-state index is 12.3. The first-order valence-electron chi connectivity index (χ1n) is 9.85. The van der Waals surface area contributed by atoms with Gasteiger partial charge in [-0.2, -0.15) is 5.10 Å². The molecular weight excluding hydrogens is 412 g/mol. The van der Waals surface area contributed by atoms with Crippen LogP contribution >= 0.6 is 11.8 Å². The smallest absolute Gasteiger partial charge is 0.269 e. The summed E-state index contributed by atoms with van der Waals surface area (Å²) in [4.78, 5) is 33.4. The second kappa shape index (κ2) is 9.74. The van der Waals surface area contributed by atoms with E-state index in [0.717, 1.165) is 39.1 Å². The average molecular weight is 439 g/mol. The van der Waals surface area contributed by atoms with Crippen molar-refractivity contribution in [2.45, 2.75) is 45.0 Å². The van der Waals surface area contributed by atoms with E-state index in [0.29, 0.717) is 11.3 Å². The third kappa shape index (κ3) is 5.91. The molecule has 31 heavy (non-hydrogen) atoms. The lowest BCUT2D eigenvalue weighted by atomic mass is 10.1. The van der Waals surface area contributed by atoms with Crippen LogP contribution in [0.25, 0.3) is 0 Å². The summed E-state index contributed by atoms with van der Waals surface area (Å²) in [6, 6.07) is 9.17. The first-order chi connectivity index (χ1) is 14.7. The van der Waals surface area contributed by atoms with Crippen LogP contribution in [0, 0.1) is 27.7 Å². The van der Waals surface area contributed by atoms with E-state index in [9.17, 15) is 9.59 Å². The molecule has 9 heteroatoms. The van der Waals surface area contributed by atoms with Gasteiger partial charge in [-0.1, -0.05) is 23.9 Å². The molecule has 0 unspecified atom stereocenters.